The van der Waals surface area contributed by atoms with Crippen LogP contribution < -0.4 is 15.4 Å². The van der Waals surface area contributed by atoms with Crippen LogP contribution in [0.25, 0.3) is 0 Å². The Kier molecular flexibility index (Phi) is 6.47. The van der Waals surface area contributed by atoms with Crippen LogP contribution in [0.5, 0.6) is 5.75 Å². The largest absolute Gasteiger partial charge is 0.497 e. The molecule has 128 valence electrons. The molecule has 0 saturated carbocycles. The third-order valence-electron chi connectivity index (χ3n) is 3.12. The van der Waals surface area contributed by atoms with Gasteiger partial charge >= 0.3 is 0 Å². The molecule has 1 amide bonds. The van der Waals surface area contributed by atoms with Crippen LogP contribution in [0.1, 0.15) is 10.4 Å². The van der Waals surface area contributed by atoms with E-state index in [2.05, 4.69) is 10.6 Å². The van der Waals surface area contributed by atoms with Crippen LogP contribution in [0.3, 0.4) is 0 Å². The van der Waals surface area contributed by atoms with E-state index in [0.29, 0.717) is 16.5 Å². The first-order valence-corrected chi connectivity index (χ1v) is 8.35. The van der Waals surface area contributed by atoms with Gasteiger partial charge in [0.15, 0.2) is 0 Å². The number of carbonyl (C=O) groups excluding carboxylic acids is 1. The molecule has 0 aromatic heterocycles. The predicted molar refractivity (Wildman–Crippen MR) is 99.6 cm³/mol. The Hall–Kier alpha value is -1.33. The lowest BCUT2D eigenvalue weighted by Crippen LogP contribution is -2.49. The summed E-state index contributed by atoms with van der Waals surface area (Å²) in [5.41, 5.74) is 0.932. The molecule has 0 spiro atoms. The molecule has 0 fully saturated rings. The second-order valence-electron chi connectivity index (χ2n) is 4.80. The molecule has 2 N–H and O–H groups in total. The van der Waals surface area contributed by atoms with Gasteiger partial charge in [0.2, 0.25) is 3.79 Å². The first-order chi connectivity index (χ1) is 11.3. The van der Waals surface area contributed by atoms with Crippen LogP contribution in [-0.2, 0) is 0 Å². The Labute approximate surface area is 160 Å². The molecule has 4 nitrogen and oxygen atoms in total. The zero-order chi connectivity index (χ0) is 17.7. The van der Waals surface area contributed by atoms with E-state index in [4.69, 9.17) is 51.1 Å². The van der Waals surface area contributed by atoms with E-state index in [9.17, 15) is 4.79 Å². The van der Waals surface area contributed by atoms with E-state index in [-0.39, 0.29) is 5.56 Å². The van der Waals surface area contributed by atoms with Crippen LogP contribution in [0.2, 0.25) is 5.02 Å². The van der Waals surface area contributed by atoms with Gasteiger partial charge in [0.1, 0.15) is 11.9 Å². The Morgan fingerprint density at radius 3 is 2.25 bits per heavy atom. The van der Waals surface area contributed by atoms with Crippen molar-refractivity contribution in [2.75, 3.05) is 12.4 Å². The molecular weight excluding hydrogens is 394 g/mol. The van der Waals surface area contributed by atoms with Crippen molar-refractivity contribution in [2.24, 2.45) is 0 Å². The van der Waals surface area contributed by atoms with Crippen molar-refractivity contribution < 1.29 is 9.53 Å². The molecule has 0 unspecified atom stereocenters. The van der Waals surface area contributed by atoms with Gasteiger partial charge < -0.3 is 15.4 Å². The van der Waals surface area contributed by atoms with Crippen LogP contribution in [0.4, 0.5) is 5.69 Å². The molecule has 2 rings (SSSR count). The van der Waals surface area contributed by atoms with Gasteiger partial charge in [0.05, 0.1) is 17.7 Å². The molecule has 2 aromatic carbocycles. The maximum absolute atomic E-state index is 12.4. The van der Waals surface area contributed by atoms with Crippen LogP contribution in [0.15, 0.2) is 48.5 Å². The van der Waals surface area contributed by atoms with E-state index in [0.717, 1.165) is 0 Å². The number of halogens is 4. The fourth-order valence-electron chi connectivity index (χ4n) is 1.91. The molecule has 2 aromatic rings. The highest BCUT2D eigenvalue weighted by Crippen LogP contribution is 2.32. The van der Waals surface area contributed by atoms with Crippen molar-refractivity contribution in [3.05, 3.63) is 59.1 Å². The van der Waals surface area contributed by atoms with Gasteiger partial charge in [-0.1, -0.05) is 58.5 Å². The number of ether oxygens (including phenoxy) is 1. The van der Waals surface area contributed by atoms with E-state index >= 15 is 0 Å². The van der Waals surface area contributed by atoms with Crippen molar-refractivity contribution in [1.82, 2.24) is 5.32 Å². The number of anilines is 1. The highest BCUT2D eigenvalue weighted by Gasteiger charge is 2.34. The van der Waals surface area contributed by atoms with Gasteiger partial charge in [-0.15, -0.1) is 0 Å². The Balaban J connectivity index is 2.16. The maximum atomic E-state index is 12.4. The number of amides is 1. The fraction of sp³-hybridized carbons (Fsp3) is 0.188. The number of hydrogen-bond donors (Lipinski definition) is 2. The summed E-state index contributed by atoms with van der Waals surface area (Å²) in [6.45, 7) is 0. The van der Waals surface area contributed by atoms with Crippen molar-refractivity contribution in [3.63, 3.8) is 0 Å². The lowest BCUT2D eigenvalue weighted by atomic mass is 10.2. The molecule has 1 atom stereocenters. The van der Waals surface area contributed by atoms with Gasteiger partial charge in [0, 0.05) is 5.69 Å². The summed E-state index contributed by atoms with van der Waals surface area (Å²) < 4.78 is 3.31. The molecule has 0 aliphatic heterocycles. The van der Waals surface area contributed by atoms with Gasteiger partial charge in [-0.2, -0.15) is 0 Å². The second kappa shape index (κ2) is 8.17. The topological polar surface area (TPSA) is 50.4 Å². The minimum Gasteiger partial charge on any atom is -0.497 e. The molecule has 0 aliphatic rings. The predicted octanol–water partition coefficient (Wildman–Crippen LogP) is 4.89. The highest BCUT2D eigenvalue weighted by atomic mass is 35.6. The van der Waals surface area contributed by atoms with Gasteiger partial charge in [-0.05, 0) is 36.4 Å². The minimum absolute atomic E-state index is 0.287. The standard InChI is InChI=1S/C16H14Cl4N2O2/c1-24-11-8-6-10(7-9-11)21-15(16(18,19)20)22-14(23)12-4-2-3-5-13(12)17/h2-9,15,21H,1H3,(H,22,23)/t15-/m0/s1. The molecule has 0 bridgehead atoms. The molecule has 8 heteroatoms. The summed E-state index contributed by atoms with van der Waals surface area (Å²) in [6, 6.07) is 13.6. The second-order valence-corrected chi connectivity index (χ2v) is 7.58. The van der Waals surface area contributed by atoms with Crippen molar-refractivity contribution in [3.8, 4) is 5.75 Å². The minimum atomic E-state index is -1.78. The third-order valence-corrected chi connectivity index (χ3v) is 4.11. The molecule has 0 heterocycles. The van der Waals surface area contributed by atoms with Gasteiger partial charge in [-0.25, -0.2) is 0 Å². The summed E-state index contributed by atoms with van der Waals surface area (Å²) >= 11 is 23.9. The summed E-state index contributed by atoms with van der Waals surface area (Å²) in [5.74, 6) is 0.226. The fourth-order valence-corrected chi connectivity index (χ4v) is 2.46. The quantitative estimate of drug-likeness (QED) is 0.548. The van der Waals surface area contributed by atoms with E-state index in [1.165, 1.54) is 0 Å². The van der Waals surface area contributed by atoms with Gasteiger partial charge in [0.25, 0.3) is 5.91 Å². The average molecular weight is 408 g/mol. The highest BCUT2D eigenvalue weighted by molar-refractivity contribution is 6.68. The Morgan fingerprint density at radius 2 is 1.71 bits per heavy atom. The van der Waals surface area contributed by atoms with E-state index in [1.807, 2.05) is 0 Å². The lowest BCUT2D eigenvalue weighted by Gasteiger charge is -2.27. The molecule has 0 saturated heterocycles. The third kappa shape index (κ3) is 5.08. The first kappa shape index (κ1) is 19.0. The van der Waals surface area contributed by atoms with Crippen LogP contribution >= 0.6 is 46.4 Å². The van der Waals surface area contributed by atoms with E-state index < -0.39 is 15.9 Å². The van der Waals surface area contributed by atoms with Crippen LogP contribution in [0, 0.1) is 0 Å². The molecule has 0 radical (unpaired) electrons. The summed E-state index contributed by atoms with van der Waals surface area (Å²) in [4.78, 5) is 12.4. The number of rotatable bonds is 5. The number of carbonyl (C=O) groups is 1. The Bertz CT molecular complexity index is 702. The smallest absolute Gasteiger partial charge is 0.254 e. The number of methoxy groups -OCH3 is 1. The summed E-state index contributed by atoms with van der Waals surface area (Å²) in [5, 5.41) is 5.90. The number of nitrogens with one attached hydrogen (secondary N) is 2. The first-order valence-electron chi connectivity index (χ1n) is 6.84. The van der Waals surface area contributed by atoms with E-state index in [1.54, 1.807) is 55.6 Å². The summed E-state index contributed by atoms with van der Waals surface area (Å²) in [7, 11) is 1.57. The number of alkyl halides is 3. The van der Waals surface area contributed by atoms with Crippen LogP contribution in [-0.4, -0.2) is 23.0 Å². The molecule has 24 heavy (non-hydrogen) atoms. The monoisotopic (exact) mass is 406 g/mol. The maximum Gasteiger partial charge on any atom is 0.254 e. The number of benzene rings is 2. The SMILES string of the molecule is COc1ccc(N[C@@H](NC(=O)c2ccccc2Cl)C(Cl)(Cl)Cl)cc1. The molecular formula is C16H14Cl4N2O2. The van der Waals surface area contributed by atoms with Crippen molar-refractivity contribution >= 4 is 58.0 Å². The summed E-state index contributed by atoms with van der Waals surface area (Å²) in [6.07, 6.45) is -0.973. The van der Waals surface area contributed by atoms with Crippen molar-refractivity contribution in [2.45, 2.75) is 9.96 Å². The number of hydrogen-bond acceptors (Lipinski definition) is 3. The van der Waals surface area contributed by atoms with Crippen molar-refractivity contribution in [1.29, 1.82) is 0 Å². The zero-order valence-corrected chi connectivity index (χ0v) is 15.5. The lowest BCUT2D eigenvalue weighted by molar-refractivity contribution is 0.0942. The Morgan fingerprint density at radius 1 is 1.08 bits per heavy atom. The van der Waals surface area contributed by atoms with Gasteiger partial charge in [-0.3, -0.25) is 4.79 Å². The average Bonchev–Trinajstić information content (AvgIpc) is 2.54. The molecule has 0 aliphatic carbocycles. The zero-order valence-electron chi connectivity index (χ0n) is 12.5. The normalized spacial score (nSPS) is 12.4.